The molecule has 6 nitrogen and oxygen atoms in total. The van der Waals surface area contributed by atoms with Crippen molar-refractivity contribution in [1.82, 2.24) is 15.1 Å². The molecule has 8 heteroatoms. The molecule has 3 heterocycles. The Morgan fingerprint density at radius 3 is 2.59 bits per heavy atom. The zero-order chi connectivity index (χ0) is 18.6. The molecular weight excluding hydrogens is 356 g/mol. The molecule has 0 aliphatic carbocycles. The summed E-state index contributed by atoms with van der Waals surface area (Å²) in [6.07, 6.45) is 1.68. The summed E-state index contributed by atoms with van der Waals surface area (Å²) in [6, 6.07) is 15.2. The molecule has 0 N–H and O–H groups in total. The van der Waals surface area contributed by atoms with E-state index in [1.807, 2.05) is 18.2 Å². The fourth-order valence-electron chi connectivity index (χ4n) is 2.50. The fraction of sp³-hybridized carbons (Fsp3) is 0.105. The predicted molar refractivity (Wildman–Crippen MR) is 92.4 cm³/mol. The van der Waals surface area contributed by atoms with Crippen molar-refractivity contribution in [2.24, 2.45) is 0 Å². The van der Waals surface area contributed by atoms with Gasteiger partial charge in [-0.15, -0.1) is 0 Å². The summed E-state index contributed by atoms with van der Waals surface area (Å²) in [5.74, 6) is 0.455. The topological polar surface area (TPSA) is 70.3 Å². The lowest BCUT2D eigenvalue weighted by Gasteiger charge is -2.07. The van der Waals surface area contributed by atoms with Crippen molar-refractivity contribution in [2.75, 3.05) is 0 Å². The number of halogens is 2. The number of ether oxygens (including phenoxy) is 2. The number of alkyl halides is 2. The maximum atomic E-state index is 12.2. The summed E-state index contributed by atoms with van der Waals surface area (Å²) in [5, 5.41) is 4.76. The fourth-order valence-corrected chi connectivity index (χ4v) is 2.50. The van der Waals surface area contributed by atoms with E-state index in [9.17, 15) is 8.78 Å². The van der Waals surface area contributed by atoms with Crippen molar-refractivity contribution >= 4 is 11.1 Å². The summed E-state index contributed by atoms with van der Waals surface area (Å²) in [5.41, 5.74) is 2.43. The second kappa shape index (κ2) is 7.36. The number of pyridine rings is 2. The smallest absolute Gasteiger partial charge is 0.387 e. The van der Waals surface area contributed by atoms with Crippen LogP contribution < -0.4 is 9.47 Å². The van der Waals surface area contributed by atoms with Crippen LogP contribution in [0.5, 0.6) is 11.6 Å². The lowest BCUT2D eigenvalue weighted by atomic mass is 10.2. The zero-order valence-corrected chi connectivity index (χ0v) is 13.9. The third-order valence-electron chi connectivity index (χ3n) is 3.76. The average Bonchev–Trinajstić information content (AvgIpc) is 3.11. The van der Waals surface area contributed by atoms with Crippen molar-refractivity contribution in [3.8, 4) is 23.0 Å². The van der Waals surface area contributed by atoms with Crippen LogP contribution in [0.25, 0.3) is 22.5 Å². The Morgan fingerprint density at radius 1 is 1.00 bits per heavy atom. The predicted octanol–water partition coefficient (Wildman–Crippen LogP) is 4.47. The van der Waals surface area contributed by atoms with Gasteiger partial charge in [-0.25, -0.2) is 0 Å². The van der Waals surface area contributed by atoms with Gasteiger partial charge in [0.1, 0.15) is 18.1 Å². The summed E-state index contributed by atoms with van der Waals surface area (Å²) < 4.78 is 39.5. The molecule has 4 rings (SSSR count). The minimum absolute atomic E-state index is 0.0944. The molecule has 0 spiro atoms. The molecule has 0 fully saturated rings. The molecule has 0 saturated carbocycles. The zero-order valence-electron chi connectivity index (χ0n) is 13.9. The van der Waals surface area contributed by atoms with Crippen molar-refractivity contribution < 1.29 is 22.8 Å². The van der Waals surface area contributed by atoms with Crippen LogP contribution in [-0.2, 0) is 6.61 Å². The van der Waals surface area contributed by atoms with Gasteiger partial charge in [0.05, 0.1) is 11.1 Å². The highest BCUT2D eigenvalue weighted by Gasteiger charge is 2.13. The van der Waals surface area contributed by atoms with Crippen LogP contribution in [0, 0.1) is 0 Å². The average molecular weight is 369 g/mol. The highest BCUT2D eigenvalue weighted by molar-refractivity contribution is 5.88. The molecule has 0 amide bonds. The molecule has 4 aromatic rings. The molecule has 136 valence electrons. The molecule has 0 atom stereocenters. The summed E-state index contributed by atoms with van der Waals surface area (Å²) in [4.78, 5) is 8.55. The molecule has 0 unspecified atom stereocenters. The lowest BCUT2D eigenvalue weighted by molar-refractivity contribution is -0.0498. The van der Waals surface area contributed by atoms with E-state index in [1.54, 1.807) is 30.5 Å². The first-order valence-electron chi connectivity index (χ1n) is 8.03. The molecule has 3 aromatic heterocycles. The van der Waals surface area contributed by atoms with E-state index in [4.69, 9.17) is 9.26 Å². The monoisotopic (exact) mass is 369 g/mol. The lowest BCUT2D eigenvalue weighted by Crippen LogP contribution is -2.02. The van der Waals surface area contributed by atoms with Gasteiger partial charge < -0.3 is 14.0 Å². The molecule has 0 radical (unpaired) electrons. The summed E-state index contributed by atoms with van der Waals surface area (Å²) in [7, 11) is 0. The van der Waals surface area contributed by atoms with Crippen molar-refractivity contribution in [3.63, 3.8) is 0 Å². The summed E-state index contributed by atoms with van der Waals surface area (Å²) in [6.45, 7) is -2.63. The standard InChI is InChI=1S/C19H13F2N3O3/c20-19(21)26-13-6-4-12(5-7-13)11-25-16-9-8-14-17(24-27-18(14)23-16)15-3-1-2-10-22-15/h1-10,19H,11H2. The van der Waals surface area contributed by atoms with Crippen LogP contribution in [-0.4, -0.2) is 21.7 Å². The number of rotatable bonds is 6. The Morgan fingerprint density at radius 2 is 1.85 bits per heavy atom. The van der Waals surface area contributed by atoms with Gasteiger partial charge in [0.2, 0.25) is 5.88 Å². The number of hydrogen-bond donors (Lipinski definition) is 0. The summed E-state index contributed by atoms with van der Waals surface area (Å²) >= 11 is 0. The number of hydrogen-bond acceptors (Lipinski definition) is 6. The second-order valence-electron chi connectivity index (χ2n) is 5.56. The Hall–Kier alpha value is -3.55. The van der Waals surface area contributed by atoms with Gasteiger partial charge in [-0.2, -0.15) is 13.8 Å². The van der Waals surface area contributed by atoms with Gasteiger partial charge in [0.15, 0.2) is 0 Å². The van der Waals surface area contributed by atoms with Crippen molar-refractivity contribution in [3.05, 3.63) is 66.4 Å². The van der Waals surface area contributed by atoms with E-state index >= 15 is 0 Å². The molecular formula is C19H13F2N3O3. The minimum atomic E-state index is -2.85. The molecule has 0 bridgehead atoms. The molecule has 27 heavy (non-hydrogen) atoms. The maximum Gasteiger partial charge on any atom is 0.387 e. The maximum absolute atomic E-state index is 12.2. The number of fused-ring (bicyclic) bond motifs is 1. The normalized spacial score (nSPS) is 11.1. The van der Waals surface area contributed by atoms with E-state index in [0.29, 0.717) is 23.0 Å². The Bertz CT molecular complexity index is 1040. The van der Waals surface area contributed by atoms with Crippen LogP contribution in [0.1, 0.15) is 5.56 Å². The largest absolute Gasteiger partial charge is 0.473 e. The Labute approximate surface area is 152 Å². The molecule has 0 aliphatic heterocycles. The number of aromatic nitrogens is 3. The van der Waals surface area contributed by atoms with E-state index < -0.39 is 6.61 Å². The third-order valence-corrected chi connectivity index (χ3v) is 3.76. The van der Waals surface area contributed by atoms with Crippen molar-refractivity contribution in [2.45, 2.75) is 13.2 Å². The first kappa shape index (κ1) is 16.9. The van der Waals surface area contributed by atoms with Gasteiger partial charge in [0.25, 0.3) is 5.71 Å². The Balaban J connectivity index is 1.47. The van der Waals surface area contributed by atoms with E-state index in [2.05, 4.69) is 19.9 Å². The van der Waals surface area contributed by atoms with Crippen LogP contribution >= 0.6 is 0 Å². The van der Waals surface area contributed by atoms with Gasteiger partial charge >= 0.3 is 6.61 Å². The van der Waals surface area contributed by atoms with Gasteiger partial charge in [-0.05, 0) is 35.9 Å². The SMILES string of the molecule is FC(F)Oc1ccc(COc2ccc3c(-c4ccccn4)noc3n2)cc1. The number of nitrogens with zero attached hydrogens (tertiary/aromatic N) is 3. The third kappa shape index (κ3) is 3.84. The van der Waals surface area contributed by atoms with E-state index in [-0.39, 0.29) is 12.4 Å². The van der Waals surface area contributed by atoms with Crippen molar-refractivity contribution in [1.29, 1.82) is 0 Å². The highest BCUT2D eigenvalue weighted by atomic mass is 19.3. The highest BCUT2D eigenvalue weighted by Crippen LogP contribution is 2.27. The second-order valence-corrected chi connectivity index (χ2v) is 5.56. The quantitative estimate of drug-likeness (QED) is 0.500. The van der Waals surface area contributed by atoms with Gasteiger partial charge in [-0.3, -0.25) is 4.98 Å². The first-order valence-corrected chi connectivity index (χ1v) is 8.03. The van der Waals surface area contributed by atoms with Crippen LogP contribution in [0.4, 0.5) is 8.78 Å². The number of benzene rings is 1. The van der Waals surface area contributed by atoms with Crippen LogP contribution in [0.15, 0.2) is 65.3 Å². The van der Waals surface area contributed by atoms with E-state index in [0.717, 1.165) is 10.9 Å². The van der Waals surface area contributed by atoms with Crippen LogP contribution in [0.2, 0.25) is 0 Å². The molecule has 0 saturated heterocycles. The minimum Gasteiger partial charge on any atom is -0.473 e. The van der Waals surface area contributed by atoms with Crippen LogP contribution in [0.3, 0.4) is 0 Å². The van der Waals surface area contributed by atoms with E-state index in [1.165, 1.54) is 12.1 Å². The van der Waals surface area contributed by atoms with Gasteiger partial charge in [0, 0.05) is 12.3 Å². The molecule has 0 aliphatic rings. The Kier molecular flexibility index (Phi) is 4.61. The first-order chi connectivity index (χ1) is 13.2. The molecule has 1 aromatic carbocycles. The van der Waals surface area contributed by atoms with Gasteiger partial charge in [-0.1, -0.05) is 23.4 Å².